The van der Waals surface area contributed by atoms with Crippen LogP contribution in [-0.2, 0) is 6.54 Å². The molecule has 1 aromatic heterocycles. The van der Waals surface area contributed by atoms with Crippen LogP contribution >= 0.6 is 0 Å². The molecule has 0 aliphatic heterocycles. The molecule has 156 valence electrons. The van der Waals surface area contributed by atoms with Gasteiger partial charge in [0, 0.05) is 43.3 Å². The fraction of sp³-hybridized carbons (Fsp3) is 0.250. The average molecular weight is 405 g/mol. The van der Waals surface area contributed by atoms with Crippen LogP contribution in [-0.4, -0.2) is 42.5 Å². The Hall–Kier alpha value is -3.54. The number of aryl methyl sites for hydroxylation is 1. The van der Waals surface area contributed by atoms with Gasteiger partial charge < -0.3 is 19.5 Å². The summed E-state index contributed by atoms with van der Waals surface area (Å²) in [6.07, 6.45) is 0. The van der Waals surface area contributed by atoms with Crippen molar-refractivity contribution < 1.29 is 14.3 Å². The van der Waals surface area contributed by atoms with Crippen LogP contribution in [0.1, 0.15) is 37.7 Å². The van der Waals surface area contributed by atoms with Gasteiger partial charge >= 0.3 is 0 Å². The van der Waals surface area contributed by atoms with Gasteiger partial charge in [0.1, 0.15) is 5.75 Å². The molecule has 0 spiro atoms. The smallest absolute Gasteiger partial charge is 0.255 e. The van der Waals surface area contributed by atoms with E-state index in [4.69, 9.17) is 4.74 Å². The van der Waals surface area contributed by atoms with Crippen molar-refractivity contribution in [2.45, 2.75) is 20.4 Å². The zero-order chi connectivity index (χ0) is 21.8. The second kappa shape index (κ2) is 8.86. The van der Waals surface area contributed by atoms with Gasteiger partial charge in [0.05, 0.1) is 12.7 Å². The van der Waals surface area contributed by atoms with Crippen LogP contribution in [0.5, 0.6) is 5.75 Å². The topological polar surface area (TPSA) is 63.6 Å². The maximum absolute atomic E-state index is 13.1. The molecule has 0 aliphatic rings. The Balaban J connectivity index is 1.80. The van der Waals surface area contributed by atoms with E-state index in [9.17, 15) is 9.59 Å². The predicted molar refractivity (Wildman–Crippen MR) is 117 cm³/mol. The Morgan fingerprint density at radius 3 is 2.23 bits per heavy atom. The first kappa shape index (κ1) is 21.2. The molecule has 0 saturated heterocycles. The molecule has 6 heteroatoms. The van der Waals surface area contributed by atoms with E-state index in [2.05, 4.69) is 9.88 Å². The minimum Gasteiger partial charge on any atom is -0.497 e. The van der Waals surface area contributed by atoms with Crippen LogP contribution in [0, 0.1) is 13.8 Å². The van der Waals surface area contributed by atoms with Gasteiger partial charge in [-0.3, -0.25) is 9.59 Å². The lowest BCUT2D eigenvalue weighted by Gasteiger charge is -2.18. The Morgan fingerprint density at radius 1 is 1.03 bits per heavy atom. The van der Waals surface area contributed by atoms with Gasteiger partial charge in [-0.25, -0.2) is 0 Å². The van der Waals surface area contributed by atoms with Crippen molar-refractivity contribution >= 4 is 11.8 Å². The maximum Gasteiger partial charge on any atom is 0.255 e. The summed E-state index contributed by atoms with van der Waals surface area (Å²) in [7, 11) is 5.03. The van der Waals surface area contributed by atoms with Crippen molar-refractivity contribution in [3.8, 4) is 11.4 Å². The first-order valence-electron chi connectivity index (χ1n) is 9.75. The number of amides is 2. The van der Waals surface area contributed by atoms with E-state index in [1.54, 1.807) is 38.2 Å². The van der Waals surface area contributed by atoms with Crippen LogP contribution in [0.3, 0.4) is 0 Å². The third-order valence-corrected chi connectivity index (χ3v) is 5.20. The second-order valence-electron chi connectivity index (χ2n) is 7.26. The normalized spacial score (nSPS) is 10.6. The molecular weight excluding hydrogens is 378 g/mol. The van der Waals surface area contributed by atoms with Crippen LogP contribution in [0.25, 0.3) is 5.69 Å². The van der Waals surface area contributed by atoms with E-state index in [1.165, 1.54) is 0 Å². The number of hydrogen-bond acceptors (Lipinski definition) is 3. The van der Waals surface area contributed by atoms with Crippen LogP contribution in [0.4, 0.5) is 0 Å². The summed E-state index contributed by atoms with van der Waals surface area (Å²) in [5.41, 5.74) is 5.10. The summed E-state index contributed by atoms with van der Waals surface area (Å²) in [6, 6.07) is 17.0. The monoisotopic (exact) mass is 405 g/mol. The third-order valence-electron chi connectivity index (χ3n) is 5.20. The summed E-state index contributed by atoms with van der Waals surface area (Å²) in [6.45, 7) is 4.40. The molecule has 6 nitrogen and oxygen atoms in total. The molecule has 0 unspecified atom stereocenters. The number of benzene rings is 2. The molecule has 0 fully saturated rings. The highest BCUT2D eigenvalue weighted by atomic mass is 16.5. The van der Waals surface area contributed by atoms with E-state index in [1.807, 2.05) is 56.3 Å². The summed E-state index contributed by atoms with van der Waals surface area (Å²) in [4.78, 5) is 26.5. The van der Waals surface area contributed by atoms with Gasteiger partial charge in [0.15, 0.2) is 0 Å². The third kappa shape index (κ3) is 4.22. The van der Waals surface area contributed by atoms with Crippen molar-refractivity contribution in [2.75, 3.05) is 21.2 Å². The highest BCUT2D eigenvalue weighted by molar-refractivity contribution is 5.96. The molecule has 1 heterocycles. The van der Waals surface area contributed by atoms with Gasteiger partial charge in [0.2, 0.25) is 0 Å². The molecule has 30 heavy (non-hydrogen) atoms. The maximum atomic E-state index is 13.1. The largest absolute Gasteiger partial charge is 0.497 e. The van der Waals surface area contributed by atoms with Crippen molar-refractivity contribution in [3.05, 3.63) is 82.7 Å². The number of rotatable bonds is 6. The predicted octanol–water partition coefficient (Wildman–Crippen LogP) is 3.73. The number of ether oxygens (including phenoxy) is 1. The summed E-state index contributed by atoms with van der Waals surface area (Å²) in [5.74, 6) is 0.620. The SMILES string of the molecule is CNC(=O)c1ccc(CN(C)C(=O)c2cc(C)n(-c3ccc(OC)cc3)c2C)cc1. The standard InChI is InChI=1S/C24H27N3O3/c1-16-14-22(17(2)27(16)20-10-12-21(30-5)13-11-20)24(29)26(4)15-18-6-8-19(9-7-18)23(28)25-3/h6-14H,15H2,1-5H3,(H,25,28). The average Bonchev–Trinajstić information content (AvgIpc) is 3.07. The lowest BCUT2D eigenvalue weighted by molar-refractivity contribution is 0.0784. The number of nitrogens with one attached hydrogen (secondary N) is 1. The Morgan fingerprint density at radius 2 is 1.67 bits per heavy atom. The summed E-state index contributed by atoms with van der Waals surface area (Å²) < 4.78 is 7.30. The van der Waals surface area contributed by atoms with Crippen molar-refractivity contribution in [1.29, 1.82) is 0 Å². The zero-order valence-electron chi connectivity index (χ0n) is 18.0. The Bertz CT molecular complexity index is 1050. The minimum atomic E-state index is -0.128. The van der Waals surface area contributed by atoms with Crippen LogP contribution < -0.4 is 10.1 Å². The van der Waals surface area contributed by atoms with E-state index < -0.39 is 0 Å². The van der Waals surface area contributed by atoms with Crippen molar-refractivity contribution in [3.63, 3.8) is 0 Å². The highest BCUT2D eigenvalue weighted by Gasteiger charge is 2.20. The van der Waals surface area contributed by atoms with Crippen LogP contribution in [0.2, 0.25) is 0 Å². The van der Waals surface area contributed by atoms with Gasteiger partial charge in [-0.2, -0.15) is 0 Å². The van der Waals surface area contributed by atoms with Crippen molar-refractivity contribution in [1.82, 2.24) is 14.8 Å². The van der Waals surface area contributed by atoms with Crippen LogP contribution in [0.15, 0.2) is 54.6 Å². The Labute approximate surface area is 177 Å². The quantitative estimate of drug-likeness (QED) is 0.680. The van der Waals surface area contributed by atoms with Gasteiger partial charge in [-0.05, 0) is 61.9 Å². The highest BCUT2D eigenvalue weighted by Crippen LogP contribution is 2.24. The van der Waals surface area contributed by atoms with Gasteiger partial charge in [-0.1, -0.05) is 12.1 Å². The molecule has 0 saturated carbocycles. The number of carbonyl (C=O) groups excluding carboxylic acids is 2. The molecule has 2 amide bonds. The van der Waals surface area contributed by atoms with Gasteiger partial charge in [-0.15, -0.1) is 0 Å². The molecule has 0 radical (unpaired) electrons. The number of nitrogens with zero attached hydrogens (tertiary/aromatic N) is 2. The number of methoxy groups -OCH3 is 1. The van der Waals surface area contributed by atoms with Gasteiger partial charge in [0.25, 0.3) is 11.8 Å². The van der Waals surface area contributed by atoms with E-state index in [-0.39, 0.29) is 11.8 Å². The summed E-state index contributed by atoms with van der Waals surface area (Å²) in [5, 5.41) is 2.60. The second-order valence-corrected chi connectivity index (χ2v) is 7.26. The van der Waals surface area contributed by atoms with E-state index in [0.717, 1.165) is 28.4 Å². The molecule has 3 rings (SSSR count). The van der Waals surface area contributed by atoms with E-state index in [0.29, 0.717) is 17.7 Å². The first-order valence-corrected chi connectivity index (χ1v) is 9.75. The fourth-order valence-electron chi connectivity index (χ4n) is 3.57. The molecule has 3 aromatic rings. The van der Waals surface area contributed by atoms with E-state index >= 15 is 0 Å². The zero-order valence-corrected chi connectivity index (χ0v) is 18.0. The lowest BCUT2D eigenvalue weighted by Crippen LogP contribution is -2.26. The molecule has 0 atom stereocenters. The molecule has 2 aromatic carbocycles. The Kier molecular flexibility index (Phi) is 6.26. The molecule has 0 aliphatic carbocycles. The number of carbonyl (C=O) groups is 2. The molecular formula is C24H27N3O3. The summed E-state index contributed by atoms with van der Waals surface area (Å²) >= 11 is 0. The first-order chi connectivity index (χ1) is 14.3. The molecule has 1 N–H and O–H groups in total. The number of aromatic nitrogens is 1. The van der Waals surface area contributed by atoms with Crippen molar-refractivity contribution in [2.24, 2.45) is 0 Å². The number of hydrogen-bond donors (Lipinski definition) is 1. The molecule has 0 bridgehead atoms. The minimum absolute atomic E-state index is 0.0433. The lowest BCUT2D eigenvalue weighted by atomic mass is 10.1. The fourth-order valence-corrected chi connectivity index (χ4v) is 3.57.